The number of hydrogen-bond donors (Lipinski definition) is 2. The molecule has 3 rings (SSSR count). The molecule has 6 heteroatoms. The standard InChI is InChI=1S/C19H24N2O4/c22-17(21-10-4-8-13-5-1-2-9-16(13)21)12-20-18(23)14-6-3-7-15(11-14)19(24)25/h1-2,5,9,14-15H,3-4,6-8,10-12H2,(H,20,23)(H,24,25). The zero-order valence-corrected chi connectivity index (χ0v) is 14.2. The van der Waals surface area contributed by atoms with Crippen molar-refractivity contribution >= 4 is 23.5 Å². The third-order valence-electron chi connectivity index (χ3n) is 5.22. The van der Waals surface area contributed by atoms with Crippen LogP contribution >= 0.6 is 0 Å². The van der Waals surface area contributed by atoms with Crippen molar-refractivity contribution < 1.29 is 19.5 Å². The Balaban J connectivity index is 1.56. The van der Waals surface area contributed by atoms with Crippen molar-refractivity contribution in [1.82, 2.24) is 5.32 Å². The topological polar surface area (TPSA) is 86.7 Å². The summed E-state index contributed by atoms with van der Waals surface area (Å²) in [5.41, 5.74) is 2.08. The molecule has 6 nitrogen and oxygen atoms in total. The quantitative estimate of drug-likeness (QED) is 0.874. The van der Waals surface area contributed by atoms with Crippen LogP contribution in [0.2, 0.25) is 0 Å². The van der Waals surface area contributed by atoms with Crippen LogP contribution in [0.3, 0.4) is 0 Å². The molecule has 2 unspecified atom stereocenters. The summed E-state index contributed by atoms with van der Waals surface area (Å²) >= 11 is 0. The van der Waals surface area contributed by atoms with E-state index < -0.39 is 11.9 Å². The van der Waals surface area contributed by atoms with Gasteiger partial charge in [-0.05, 0) is 43.7 Å². The van der Waals surface area contributed by atoms with Crippen molar-refractivity contribution in [2.24, 2.45) is 11.8 Å². The van der Waals surface area contributed by atoms with E-state index in [0.717, 1.165) is 30.5 Å². The highest BCUT2D eigenvalue weighted by molar-refractivity contribution is 5.97. The summed E-state index contributed by atoms with van der Waals surface area (Å²) in [4.78, 5) is 37.7. The van der Waals surface area contributed by atoms with Gasteiger partial charge in [-0.15, -0.1) is 0 Å². The number of amides is 2. The molecule has 0 aromatic heterocycles. The second-order valence-electron chi connectivity index (χ2n) is 6.89. The van der Waals surface area contributed by atoms with E-state index in [1.165, 1.54) is 0 Å². The molecule has 2 N–H and O–H groups in total. The molecule has 1 aliphatic carbocycles. The Bertz CT molecular complexity index is 673. The van der Waals surface area contributed by atoms with E-state index >= 15 is 0 Å². The van der Waals surface area contributed by atoms with Gasteiger partial charge < -0.3 is 15.3 Å². The number of fused-ring (bicyclic) bond motifs is 1. The van der Waals surface area contributed by atoms with Crippen molar-refractivity contribution in [2.75, 3.05) is 18.0 Å². The van der Waals surface area contributed by atoms with Gasteiger partial charge in [0.05, 0.1) is 12.5 Å². The van der Waals surface area contributed by atoms with Gasteiger partial charge in [0.2, 0.25) is 11.8 Å². The van der Waals surface area contributed by atoms with E-state index in [1.807, 2.05) is 24.3 Å². The number of anilines is 1. The lowest BCUT2D eigenvalue weighted by atomic mass is 9.81. The fourth-order valence-corrected chi connectivity index (χ4v) is 3.85. The first-order valence-electron chi connectivity index (χ1n) is 8.95. The molecule has 1 fully saturated rings. The maximum atomic E-state index is 12.5. The van der Waals surface area contributed by atoms with Crippen molar-refractivity contribution in [2.45, 2.75) is 38.5 Å². The zero-order valence-electron chi connectivity index (χ0n) is 14.2. The molecule has 1 aromatic rings. The van der Waals surface area contributed by atoms with Gasteiger partial charge in [-0.2, -0.15) is 0 Å². The van der Waals surface area contributed by atoms with Crippen molar-refractivity contribution in [3.05, 3.63) is 29.8 Å². The molecule has 2 aliphatic rings. The van der Waals surface area contributed by atoms with Crippen LogP contribution in [0.5, 0.6) is 0 Å². The van der Waals surface area contributed by atoms with Crippen LogP contribution in [0.25, 0.3) is 0 Å². The van der Waals surface area contributed by atoms with Crippen LogP contribution in [0.1, 0.15) is 37.7 Å². The van der Waals surface area contributed by atoms with Gasteiger partial charge in [0.25, 0.3) is 0 Å². The molecule has 2 amide bonds. The lowest BCUT2D eigenvalue weighted by Crippen LogP contribution is -2.44. The zero-order chi connectivity index (χ0) is 17.8. The molecular formula is C19H24N2O4. The first-order valence-corrected chi connectivity index (χ1v) is 8.95. The third-order valence-corrected chi connectivity index (χ3v) is 5.22. The first kappa shape index (κ1) is 17.5. The van der Waals surface area contributed by atoms with Gasteiger partial charge in [-0.1, -0.05) is 24.6 Å². The summed E-state index contributed by atoms with van der Waals surface area (Å²) in [7, 11) is 0. The highest BCUT2D eigenvalue weighted by Gasteiger charge is 2.31. The molecule has 1 heterocycles. The third kappa shape index (κ3) is 4.00. The van der Waals surface area contributed by atoms with Gasteiger partial charge in [-0.25, -0.2) is 0 Å². The molecule has 1 aromatic carbocycles. The minimum atomic E-state index is -0.835. The van der Waals surface area contributed by atoms with E-state index in [2.05, 4.69) is 5.32 Å². The fourth-order valence-electron chi connectivity index (χ4n) is 3.85. The number of nitrogens with zero attached hydrogens (tertiary/aromatic N) is 1. The lowest BCUT2D eigenvalue weighted by Gasteiger charge is -2.30. The minimum absolute atomic E-state index is 0.0403. The highest BCUT2D eigenvalue weighted by atomic mass is 16.4. The van der Waals surface area contributed by atoms with Gasteiger partial charge in [0, 0.05) is 18.2 Å². The van der Waals surface area contributed by atoms with Crippen molar-refractivity contribution in [3.63, 3.8) is 0 Å². The Kier molecular flexibility index (Phi) is 5.36. The molecule has 25 heavy (non-hydrogen) atoms. The summed E-state index contributed by atoms with van der Waals surface area (Å²) in [6.07, 6.45) is 4.30. The maximum Gasteiger partial charge on any atom is 0.306 e. The Hall–Kier alpha value is -2.37. The maximum absolute atomic E-state index is 12.5. The number of carbonyl (C=O) groups excluding carboxylic acids is 2. The van der Waals surface area contributed by atoms with Crippen molar-refractivity contribution in [1.29, 1.82) is 0 Å². The Morgan fingerprint density at radius 1 is 1.12 bits per heavy atom. The van der Waals surface area contributed by atoms with Gasteiger partial charge >= 0.3 is 5.97 Å². The Morgan fingerprint density at radius 2 is 1.88 bits per heavy atom. The minimum Gasteiger partial charge on any atom is -0.481 e. The van der Waals surface area contributed by atoms with Crippen LogP contribution < -0.4 is 10.2 Å². The number of benzene rings is 1. The first-order chi connectivity index (χ1) is 12.1. The summed E-state index contributed by atoms with van der Waals surface area (Å²) in [5, 5.41) is 11.8. The van der Waals surface area contributed by atoms with Crippen LogP contribution in [0.4, 0.5) is 5.69 Å². The van der Waals surface area contributed by atoms with Gasteiger partial charge in [0.1, 0.15) is 0 Å². The van der Waals surface area contributed by atoms with E-state index in [9.17, 15) is 14.4 Å². The molecular weight excluding hydrogens is 320 g/mol. The summed E-state index contributed by atoms with van der Waals surface area (Å²) in [6, 6.07) is 7.85. The SMILES string of the molecule is O=C(O)C1CCCC(C(=O)NCC(=O)N2CCCc3ccccc32)C1. The largest absolute Gasteiger partial charge is 0.481 e. The van der Waals surface area contributed by atoms with Crippen molar-refractivity contribution in [3.8, 4) is 0 Å². The molecule has 0 saturated heterocycles. The molecule has 2 atom stereocenters. The normalized spacial score (nSPS) is 22.8. The van der Waals surface area contributed by atoms with Gasteiger partial charge in [0.15, 0.2) is 0 Å². The predicted molar refractivity (Wildman–Crippen MR) is 93.2 cm³/mol. The van der Waals surface area contributed by atoms with Crippen LogP contribution in [0.15, 0.2) is 24.3 Å². The molecule has 0 spiro atoms. The molecule has 0 radical (unpaired) electrons. The van der Waals surface area contributed by atoms with Gasteiger partial charge in [-0.3, -0.25) is 14.4 Å². The molecule has 1 aliphatic heterocycles. The number of carboxylic acids is 1. The molecule has 1 saturated carbocycles. The second-order valence-corrected chi connectivity index (χ2v) is 6.89. The van der Waals surface area contributed by atoms with Crippen LogP contribution in [-0.2, 0) is 20.8 Å². The summed E-state index contributed by atoms with van der Waals surface area (Å²) in [5.74, 6) is -1.92. The van der Waals surface area contributed by atoms with Crippen LogP contribution in [-0.4, -0.2) is 36.0 Å². The number of hydrogen-bond acceptors (Lipinski definition) is 3. The van der Waals surface area contributed by atoms with E-state index in [0.29, 0.717) is 25.8 Å². The number of rotatable bonds is 4. The number of para-hydroxylation sites is 1. The van der Waals surface area contributed by atoms with E-state index in [-0.39, 0.29) is 24.3 Å². The Labute approximate surface area is 147 Å². The highest BCUT2D eigenvalue weighted by Crippen LogP contribution is 2.29. The number of aryl methyl sites for hydroxylation is 1. The average Bonchev–Trinajstić information content (AvgIpc) is 2.65. The summed E-state index contributed by atoms with van der Waals surface area (Å²) in [6.45, 7) is 0.623. The average molecular weight is 344 g/mol. The Morgan fingerprint density at radius 3 is 2.68 bits per heavy atom. The van der Waals surface area contributed by atoms with E-state index in [4.69, 9.17) is 5.11 Å². The van der Waals surface area contributed by atoms with E-state index in [1.54, 1.807) is 4.90 Å². The monoisotopic (exact) mass is 344 g/mol. The smallest absolute Gasteiger partial charge is 0.306 e. The van der Waals surface area contributed by atoms with Crippen LogP contribution in [0, 0.1) is 11.8 Å². The molecule has 0 bridgehead atoms. The number of aliphatic carboxylic acids is 1. The number of nitrogens with one attached hydrogen (secondary N) is 1. The predicted octanol–water partition coefficient (Wildman–Crippen LogP) is 1.97. The number of carboxylic acid groups (broad SMARTS) is 1. The summed E-state index contributed by atoms with van der Waals surface area (Å²) < 4.78 is 0. The second kappa shape index (κ2) is 7.68. The molecule has 134 valence electrons. The fraction of sp³-hybridized carbons (Fsp3) is 0.526. The lowest BCUT2D eigenvalue weighted by molar-refractivity contribution is -0.144. The number of carbonyl (C=O) groups is 3.